The summed E-state index contributed by atoms with van der Waals surface area (Å²) in [5, 5.41) is 0. The lowest BCUT2D eigenvalue weighted by Crippen LogP contribution is -2.42. The number of hydrogen-bond donors (Lipinski definition) is 2. The van der Waals surface area contributed by atoms with Crippen LogP contribution in [0.15, 0.2) is 42.5 Å². The number of nitrogens with one attached hydrogen (secondary N) is 2. The molecule has 3 rings (SSSR count). The Bertz CT molecular complexity index is 741. The second kappa shape index (κ2) is 6.60. The van der Waals surface area contributed by atoms with Crippen LogP contribution in [-0.4, -0.2) is 11.8 Å². The molecule has 5 heteroatoms. The molecule has 0 saturated heterocycles. The monoisotopic (exact) mass is 312 g/mol. The lowest BCUT2D eigenvalue weighted by molar-refractivity contribution is -0.121. The summed E-state index contributed by atoms with van der Waals surface area (Å²) in [7, 11) is 0. The van der Waals surface area contributed by atoms with Gasteiger partial charge in [0.05, 0.1) is 6.42 Å². The zero-order valence-corrected chi connectivity index (χ0v) is 12.6. The summed E-state index contributed by atoms with van der Waals surface area (Å²) in [6, 6.07) is 11.3. The summed E-state index contributed by atoms with van der Waals surface area (Å²) in [6.45, 7) is 0. The van der Waals surface area contributed by atoms with Crippen molar-refractivity contribution in [1.82, 2.24) is 10.9 Å². The average Bonchev–Trinajstić information content (AvgIpc) is 3.02. The summed E-state index contributed by atoms with van der Waals surface area (Å²) < 4.78 is 12.8. The number of aryl methyl sites for hydroxylation is 2. The molecule has 0 spiro atoms. The fourth-order valence-electron chi connectivity index (χ4n) is 2.74. The van der Waals surface area contributed by atoms with Crippen LogP contribution in [0.2, 0.25) is 0 Å². The molecular weight excluding hydrogens is 295 g/mol. The van der Waals surface area contributed by atoms with Gasteiger partial charge < -0.3 is 0 Å². The minimum atomic E-state index is -0.355. The first-order chi connectivity index (χ1) is 11.1. The molecule has 0 saturated carbocycles. The smallest absolute Gasteiger partial charge is 0.269 e. The van der Waals surface area contributed by atoms with Crippen molar-refractivity contribution in [2.45, 2.75) is 25.7 Å². The van der Waals surface area contributed by atoms with Gasteiger partial charge in [-0.15, -0.1) is 0 Å². The van der Waals surface area contributed by atoms with Crippen LogP contribution >= 0.6 is 0 Å². The quantitative estimate of drug-likeness (QED) is 0.855. The number of fused-ring (bicyclic) bond motifs is 1. The molecular formula is C18H17FN2O2. The summed E-state index contributed by atoms with van der Waals surface area (Å²) in [4.78, 5) is 23.9. The number of carbonyl (C=O) groups excluding carboxylic acids is 2. The van der Waals surface area contributed by atoms with E-state index in [1.54, 1.807) is 6.07 Å². The molecule has 0 aromatic heterocycles. The van der Waals surface area contributed by atoms with Crippen LogP contribution in [0.4, 0.5) is 4.39 Å². The predicted molar refractivity (Wildman–Crippen MR) is 84.2 cm³/mol. The van der Waals surface area contributed by atoms with Crippen molar-refractivity contribution >= 4 is 11.8 Å². The molecule has 0 unspecified atom stereocenters. The molecule has 118 valence electrons. The Morgan fingerprint density at radius 2 is 1.70 bits per heavy atom. The van der Waals surface area contributed by atoms with Crippen LogP contribution in [0.1, 0.15) is 33.5 Å². The highest BCUT2D eigenvalue weighted by atomic mass is 19.1. The molecule has 2 aromatic rings. The third-order valence-electron chi connectivity index (χ3n) is 3.95. The van der Waals surface area contributed by atoms with Crippen molar-refractivity contribution in [3.8, 4) is 0 Å². The summed E-state index contributed by atoms with van der Waals surface area (Å²) in [5.74, 6) is -1.04. The second-order valence-corrected chi connectivity index (χ2v) is 5.64. The number of benzene rings is 2. The van der Waals surface area contributed by atoms with Gasteiger partial charge in [0.25, 0.3) is 5.91 Å². The Balaban J connectivity index is 1.54. The van der Waals surface area contributed by atoms with Crippen LogP contribution in [-0.2, 0) is 24.1 Å². The highest BCUT2D eigenvalue weighted by Gasteiger charge is 2.14. The van der Waals surface area contributed by atoms with Crippen LogP contribution in [0, 0.1) is 5.82 Å². The number of carbonyl (C=O) groups is 2. The number of hydrogen-bond acceptors (Lipinski definition) is 2. The van der Waals surface area contributed by atoms with Gasteiger partial charge in [-0.2, -0.15) is 0 Å². The zero-order valence-electron chi connectivity index (χ0n) is 12.6. The fraction of sp³-hybridized carbons (Fsp3) is 0.222. The molecule has 0 heterocycles. The Hall–Kier alpha value is -2.69. The molecule has 2 aromatic carbocycles. The second-order valence-electron chi connectivity index (χ2n) is 5.64. The topological polar surface area (TPSA) is 58.2 Å². The summed E-state index contributed by atoms with van der Waals surface area (Å²) >= 11 is 0. The molecule has 1 aliphatic rings. The number of hydrazine groups is 1. The Kier molecular flexibility index (Phi) is 4.37. The van der Waals surface area contributed by atoms with Crippen molar-refractivity contribution in [3.63, 3.8) is 0 Å². The number of amides is 2. The highest BCUT2D eigenvalue weighted by Crippen LogP contribution is 2.22. The third kappa shape index (κ3) is 3.74. The van der Waals surface area contributed by atoms with Crippen molar-refractivity contribution in [2.24, 2.45) is 0 Å². The standard InChI is InChI=1S/C18H17FN2O2/c19-16-8-4-12(5-9-16)10-17(22)20-21-18(23)15-7-6-13-2-1-3-14(13)11-15/h4-9,11H,1-3,10H2,(H,20,22)(H,21,23). The summed E-state index contributed by atoms with van der Waals surface area (Å²) in [6.07, 6.45) is 3.25. The highest BCUT2D eigenvalue weighted by molar-refractivity contribution is 5.95. The van der Waals surface area contributed by atoms with E-state index in [0.717, 1.165) is 19.3 Å². The van der Waals surface area contributed by atoms with E-state index in [-0.39, 0.29) is 24.1 Å². The Morgan fingerprint density at radius 3 is 2.48 bits per heavy atom. The van der Waals surface area contributed by atoms with E-state index >= 15 is 0 Å². The average molecular weight is 312 g/mol. The normalized spacial score (nSPS) is 12.6. The van der Waals surface area contributed by atoms with Crippen molar-refractivity contribution in [2.75, 3.05) is 0 Å². The van der Waals surface area contributed by atoms with Gasteiger partial charge in [-0.05, 0) is 60.2 Å². The maximum atomic E-state index is 12.8. The lowest BCUT2D eigenvalue weighted by Gasteiger charge is -2.09. The number of halogens is 1. The minimum Gasteiger partial charge on any atom is -0.273 e. The SMILES string of the molecule is O=C(Cc1ccc(F)cc1)NNC(=O)c1ccc2c(c1)CCC2. The third-order valence-corrected chi connectivity index (χ3v) is 3.95. The maximum Gasteiger partial charge on any atom is 0.269 e. The largest absolute Gasteiger partial charge is 0.273 e. The first-order valence-electron chi connectivity index (χ1n) is 7.57. The molecule has 4 nitrogen and oxygen atoms in total. The van der Waals surface area contributed by atoms with Crippen LogP contribution in [0.5, 0.6) is 0 Å². The van der Waals surface area contributed by atoms with Gasteiger partial charge >= 0.3 is 0 Å². The van der Waals surface area contributed by atoms with Crippen LogP contribution in [0.3, 0.4) is 0 Å². The van der Waals surface area contributed by atoms with E-state index in [2.05, 4.69) is 10.9 Å². The van der Waals surface area contributed by atoms with Gasteiger partial charge in [0.1, 0.15) is 5.82 Å². The zero-order chi connectivity index (χ0) is 16.2. The van der Waals surface area contributed by atoms with Gasteiger partial charge in [0.15, 0.2) is 0 Å². The van der Waals surface area contributed by atoms with Crippen molar-refractivity contribution < 1.29 is 14.0 Å². The molecule has 0 aliphatic heterocycles. The minimum absolute atomic E-state index is 0.0742. The van der Waals surface area contributed by atoms with Crippen LogP contribution < -0.4 is 10.9 Å². The maximum absolute atomic E-state index is 12.8. The Labute approximate surface area is 133 Å². The molecule has 0 radical (unpaired) electrons. The first kappa shape index (κ1) is 15.2. The van der Waals surface area contributed by atoms with Gasteiger partial charge in [0, 0.05) is 5.56 Å². The van der Waals surface area contributed by atoms with Gasteiger partial charge in [-0.1, -0.05) is 18.2 Å². The van der Waals surface area contributed by atoms with E-state index in [0.29, 0.717) is 11.1 Å². The molecule has 1 aliphatic carbocycles. The number of rotatable bonds is 3. The van der Waals surface area contributed by atoms with E-state index in [4.69, 9.17) is 0 Å². The molecule has 2 amide bonds. The Morgan fingerprint density at radius 1 is 0.957 bits per heavy atom. The molecule has 0 atom stereocenters. The van der Waals surface area contributed by atoms with Crippen molar-refractivity contribution in [1.29, 1.82) is 0 Å². The van der Waals surface area contributed by atoms with Gasteiger partial charge in [-0.25, -0.2) is 4.39 Å². The van der Waals surface area contributed by atoms with E-state index in [1.807, 2.05) is 12.1 Å². The van der Waals surface area contributed by atoms with E-state index in [9.17, 15) is 14.0 Å². The lowest BCUT2D eigenvalue weighted by atomic mass is 10.1. The van der Waals surface area contributed by atoms with Gasteiger partial charge in [0.2, 0.25) is 5.91 Å². The van der Waals surface area contributed by atoms with E-state index < -0.39 is 0 Å². The van der Waals surface area contributed by atoms with E-state index in [1.165, 1.54) is 35.4 Å². The van der Waals surface area contributed by atoms with Crippen LogP contribution in [0.25, 0.3) is 0 Å². The summed E-state index contributed by atoms with van der Waals surface area (Å²) in [5.41, 5.74) is 8.50. The first-order valence-corrected chi connectivity index (χ1v) is 7.57. The molecule has 23 heavy (non-hydrogen) atoms. The van der Waals surface area contributed by atoms with Gasteiger partial charge in [-0.3, -0.25) is 20.4 Å². The predicted octanol–water partition coefficient (Wildman–Crippen LogP) is 2.32. The molecule has 0 bridgehead atoms. The van der Waals surface area contributed by atoms with Crippen molar-refractivity contribution in [3.05, 3.63) is 70.5 Å². The fourth-order valence-corrected chi connectivity index (χ4v) is 2.74. The molecule has 2 N–H and O–H groups in total. The molecule has 0 fully saturated rings.